The number of thiophene rings is 1. The van der Waals surface area contributed by atoms with Crippen LogP contribution in [0, 0.1) is 0 Å². The molecule has 122 valence electrons. The van der Waals surface area contributed by atoms with Gasteiger partial charge in [-0.05, 0) is 49.2 Å². The lowest BCUT2D eigenvalue weighted by molar-refractivity contribution is -0.117. The largest absolute Gasteiger partial charge is 0.312 e. The number of aryl methyl sites for hydroxylation is 1. The summed E-state index contributed by atoms with van der Waals surface area (Å²) in [6.45, 7) is 2.72. The lowest BCUT2D eigenvalue weighted by Crippen LogP contribution is -2.23. The van der Waals surface area contributed by atoms with Crippen molar-refractivity contribution in [1.82, 2.24) is 0 Å². The first kappa shape index (κ1) is 16.0. The molecule has 2 aromatic rings. The van der Waals surface area contributed by atoms with Gasteiger partial charge in [-0.15, -0.1) is 11.3 Å². The van der Waals surface area contributed by atoms with E-state index >= 15 is 0 Å². The smallest absolute Gasteiger partial charge is 0.271 e. The third-order valence-corrected chi connectivity index (χ3v) is 6.86. The Labute approximate surface area is 140 Å². The highest BCUT2D eigenvalue weighted by Gasteiger charge is 2.22. The van der Waals surface area contributed by atoms with E-state index in [4.69, 9.17) is 0 Å². The van der Waals surface area contributed by atoms with Crippen molar-refractivity contribution < 1.29 is 13.2 Å². The average Bonchev–Trinajstić information content (AvgIpc) is 3.17. The van der Waals surface area contributed by atoms with Crippen molar-refractivity contribution in [3.05, 3.63) is 41.3 Å². The molecule has 2 heterocycles. The molecule has 0 unspecified atom stereocenters. The van der Waals surface area contributed by atoms with E-state index in [2.05, 4.69) is 4.72 Å². The number of anilines is 2. The Morgan fingerprint density at radius 3 is 2.48 bits per heavy atom. The summed E-state index contributed by atoms with van der Waals surface area (Å²) >= 11 is 1.28. The number of hydrogen-bond donors (Lipinski definition) is 1. The van der Waals surface area contributed by atoms with Crippen LogP contribution in [0.3, 0.4) is 0 Å². The molecule has 0 aliphatic carbocycles. The second-order valence-corrected chi connectivity index (χ2v) is 8.45. The molecule has 0 radical (unpaired) electrons. The molecule has 1 aromatic heterocycles. The van der Waals surface area contributed by atoms with E-state index < -0.39 is 10.0 Å². The van der Waals surface area contributed by atoms with Crippen molar-refractivity contribution in [2.24, 2.45) is 0 Å². The minimum absolute atomic E-state index is 0.115. The van der Waals surface area contributed by atoms with Crippen molar-refractivity contribution in [3.63, 3.8) is 0 Å². The molecule has 1 N–H and O–H groups in total. The Kier molecular flexibility index (Phi) is 4.41. The van der Waals surface area contributed by atoms with Crippen LogP contribution in [-0.2, 0) is 21.2 Å². The predicted molar refractivity (Wildman–Crippen MR) is 92.5 cm³/mol. The fourth-order valence-corrected chi connectivity index (χ4v) is 4.88. The molecule has 1 aliphatic rings. The van der Waals surface area contributed by atoms with Gasteiger partial charge in [0.15, 0.2) is 0 Å². The molecule has 0 atom stereocenters. The first-order valence-electron chi connectivity index (χ1n) is 7.51. The van der Waals surface area contributed by atoms with Gasteiger partial charge in [-0.2, -0.15) is 0 Å². The van der Waals surface area contributed by atoms with Crippen LogP contribution in [0.2, 0.25) is 0 Å². The van der Waals surface area contributed by atoms with Crippen molar-refractivity contribution in [1.29, 1.82) is 0 Å². The number of hydrogen-bond acceptors (Lipinski definition) is 4. The molecule has 1 aliphatic heterocycles. The standard InChI is InChI=1S/C16H18N2O3S2/c1-2-14-9-10-16(22-14)23(20,21)17-12-5-7-13(8-6-12)18-11-3-4-15(18)19/h5-10,17H,2-4,11H2,1H3. The summed E-state index contributed by atoms with van der Waals surface area (Å²) in [5, 5.41) is 0. The van der Waals surface area contributed by atoms with E-state index in [0.717, 1.165) is 30.0 Å². The van der Waals surface area contributed by atoms with Crippen LogP contribution in [0.25, 0.3) is 0 Å². The van der Waals surface area contributed by atoms with E-state index in [0.29, 0.717) is 16.3 Å². The minimum Gasteiger partial charge on any atom is -0.312 e. The number of benzene rings is 1. The van der Waals surface area contributed by atoms with Gasteiger partial charge >= 0.3 is 0 Å². The van der Waals surface area contributed by atoms with Gasteiger partial charge in [-0.1, -0.05) is 6.92 Å². The van der Waals surface area contributed by atoms with E-state index in [1.165, 1.54) is 11.3 Å². The summed E-state index contributed by atoms with van der Waals surface area (Å²) in [4.78, 5) is 14.5. The summed E-state index contributed by atoms with van der Waals surface area (Å²) in [5.74, 6) is 0.115. The van der Waals surface area contributed by atoms with E-state index in [9.17, 15) is 13.2 Å². The summed E-state index contributed by atoms with van der Waals surface area (Å²) in [6, 6.07) is 10.4. The van der Waals surface area contributed by atoms with Gasteiger partial charge in [0, 0.05) is 29.2 Å². The van der Waals surface area contributed by atoms with Crippen LogP contribution >= 0.6 is 11.3 Å². The molecule has 5 nitrogen and oxygen atoms in total. The highest BCUT2D eigenvalue weighted by molar-refractivity contribution is 7.94. The van der Waals surface area contributed by atoms with Crippen LogP contribution in [-0.4, -0.2) is 20.9 Å². The van der Waals surface area contributed by atoms with Crippen molar-refractivity contribution in [2.75, 3.05) is 16.2 Å². The van der Waals surface area contributed by atoms with Gasteiger partial charge in [0.1, 0.15) is 4.21 Å². The molecule has 23 heavy (non-hydrogen) atoms. The van der Waals surface area contributed by atoms with Crippen LogP contribution in [0.15, 0.2) is 40.6 Å². The first-order chi connectivity index (χ1) is 11.0. The number of amides is 1. The lowest BCUT2D eigenvalue weighted by atomic mass is 10.2. The number of carbonyl (C=O) groups is 1. The van der Waals surface area contributed by atoms with Crippen LogP contribution in [0.1, 0.15) is 24.6 Å². The highest BCUT2D eigenvalue weighted by Crippen LogP contribution is 2.26. The third-order valence-electron chi connectivity index (χ3n) is 3.75. The Morgan fingerprint density at radius 2 is 1.91 bits per heavy atom. The average molecular weight is 350 g/mol. The first-order valence-corrected chi connectivity index (χ1v) is 9.81. The van der Waals surface area contributed by atoms with E-state index in [1.54, 1.807) is 35.2 Å². The number of carbonyl (C=O) groups excluding carboxylic acids is 1. The molecule has 1 fully saturated rings. The number of nitrogens with one attached hydrogen (secondary N) is 1. The van der Waals surface area contributed by atoms with Gasteiger partial charge in [-0.25, -0.2) is 8.42 Å². The summed E-state index contributed by atoms with van der Waals surface area (Å²) in [7, 11) is -3.56. The highest BCUT2D eigenvalue weighted by atomic mass is 32.2. The molecule has 3 rings (SSSR count). The van der Waals surface area contributed by atoms with Crippen LogP contribution in [0.4, 0.5) is 11.4 Å². The molecular weight excluding hydrogens is 332 g/mol. The predicted octanol–water partition coefficient (Wildman–Crippen LogP) is 3.24. The SMILES string of the molecule is CCc1ccc(S(=O)(=O)Nc2ccc(N3CCCC3=O)cc2)s1. The molecule has 0 bridgehead atoms. The number of nitrogens with zero attached hydrogens (tertiary/aromatic N) is 1. The number of rotatable bonds is 5. The maximum Gasteiger partial charge on any atom is 0.271 e. The Morgan fingerprint density at radius 1 is 1.17 bits per heavy atom. The molecule has 1 aromatic carbocycles. The second kappa shape index (κ2) is 6.33. The molecule has 1 amide bonds. The molecule has 0 saturated carbocycles. The molecule has 1 saturated heterocycles. The summed E-state index contributed by atoms with van der Waals surface area (Å²) in [6.07, 6.45) is 2.26. The molecular formula is C16H18N2O3S2. The van der Waals surface area contributed by atoms with Crippen LogP contribution in [0.5, 0.6) is 0 Å². The fourth-order valence-electron chi connectivity index (χ4n) is 2.53. The normalized spacial score (nSPS) is 15.2. The van der Waals surface area contributed by atoms with Gasteiger partial charge in [-0.3, -0.25) is 9.52 Å². The van der Waals surface area contributed by atoms with Crippen molar-refractivity contribution >= 4 is 38.6 Å². The quantitative estimate of drug-likeness (QED) is 0.900. The van der Waals surface area contributed by atoms with Crippen molar-refractivity contribution in [3.8, 4) is 0 Å². The Balaban J connectivity index is 1.76. The summed E-state index contributed by atoms with van der Waals surface area (Å²) < 4.78 is 27.6. The van der Waals surface area contributed by atoms with E-state index in [-0.39, 0.29) is 5.91 Å². The fraction of sp³-hybridized carbons (Fsp3) is 0.312. The van der Waals surface area contributed by atoms with Gasteiger partial charge in [0.05, 0.1) is 0 Å². The maximum absolute atomic E-state index is 12.4. The van der Waals surface area contributed by atoms with Crippen molar-refractivity contribution in [2.45, 2.75) is 30.4 Å². The van der Waals surface area contributed by atoms with E-state index in [1.807, 2.05) is 13.0 Å². The van der Waals surface area contributed by atoms with Gasteiger partial charge in [0.25, 0.3) is 10.0 Å². The monoisotopic (exact) mass is 350 g/mol. The minimum atomic E-state index is -3.56. The zero-order valence-electron chi connectivity index (χ0n) is 12.8. The third kappa shape index (κ3) is 3.40. The Hall–Kier alpha value is -1.86. The topological polar surface area (TPSA) is 66.5 Å². The van der Waals surface area contributed by atoms with Crippen LogP contribution < -0.4 is 9.62 Å². The number of sulfonamides is 1. The summed E-state index contributed by atoms with van der Waals surface area (Å²) in [5.41, 5.74) is 1.30. The van der Waals surface area contributed by atoms with Gasteiger partial charge < -0.3 is 4.90 Å². The zero-order valence-corrected chi connectivity index (χ0v) is 14.4. The zero-order chi connectivity index (χ0) is 16.4. The lowest BCUT2D eigenvalue weighted by Gasteiger charge is -2.16. The molecule has 0 spiro atoms. The van der Waals surface area contributed by atoms with Gasteiger partial charge in [0.2, 0.25) is 5.91 Å². The molecule has 7 heteroatoms. The second-order valence-electron chi connectivity index (χ2n) is 5.38. The maximum atomic E-state index is 12.4. The Bertz CT molecular complexity index is 810.